The van der Waals surface area contributed by atoms with Crippen LogP contribution in [0.2, 0.25) is 5.02 Å². The summed E-state index contributed by atoms with van der Waals surface area (Å²) < 4.78 is 46.9. The Morgan fingerprint density at radius 2 is 1.82 bits per heavy atom. The van der Waals surface area contributed by atoms with Gasteiger partial charge in [-0.2, -0.15) is 13.2 Å². The topological polar surface area (TPSA) is 90.6 Å². The molecule has 8 nitrogen and oxygen atoms in total. The Hall–Kier alpha value is -3.73. The number of rotatable bonds is 8. The van der Waals surface area contributed by atoms with Crippen molar-refractivity contribution in [1.82, 2.24) is 29.5 Å². The average Bonchev–Trinajstić information content (AvgIpc) is 3.86. The van der Waals surface area contributed by atoms with E-state index in [2.05, 4.69) is 30.2 Å². The Morgan fingerprint density at radius 1 is 1.05 bits per heavy atom. The van der Waals surface area contributed by atoms with Crippen LogP contribution >= 0.6 is 11.6 Å². The highest BCUT2D eigenvalue weighted by molar-refractivity contribution is 6.32. The van der Waals surface area contributed by atoms with Crippen LogP contribution in [-0.2, 0) is 12.7 Å². The van der Waals surface area contributed by atoms with Crippen molar-refractivity contribution in [2.75, 3.05) is 12.4 Å². The molecule has 2 aliphatic rings. The van der Waals surface area contributed by atoms with Crippen molar-refractivity contribution in [3.8, 4) is 28.7 Å². The molecule has 0 saturated heterocycles. The van der Waals surface area contributed by atoms with Gasteiger partial charge in [-0.1, -0.05) is 35.9 Å². The fourth-order valence-electron chi connectivity index (χ4n) is 4.36. The molecule has 2 aliphatic carbocycles. The summed E-state index contributed by atoms with van der Waals surface area (Å²) in [5.41, 5.74) is 2.17. The Bertz CT molecular complexity index is 1480. The number of hydrogen-bond donors (Lipinski definition) is 1. The van der Waals surface area contributed by atoms with E-state index < -0.39 is 11.9 Å². The van der Waals surface area contributed by atoms with Gasteiger partial charge in [-0.15, -0.1) is 0 Å². The Morgan fingerprint density at radius 3 is 2.47 bits per heavy atom. The van der Waals surface area contributed by atoms with E-state index in [-0.39, 0.29) is 6.04 Å². The van der Waals surface area contributed by atoms with Gasteiger partial charge in [0.25, 0.3) is 0 Å². The van der Waals surface area contributed by atoms with Crippen LogP contribution in [-0.4, -0.2) is 36.6 Å². The molecule has 0 radical (unpaired) electrons. The van der Waals surface area contributed by atoms with Crippen molar-refractivity contribution in [3.05, 3.63) is 65.0 Å². The summed E-state index contributed by atoms with van der Waals surface area (Å²) in [7, 11) is 1.54. The van der Waals surface area contributed by atoms with Crippen molar-refractivity contribution in [2.45, 2.75) is 50.4 Å². The molecule has 0 spiro atoms. The molecule has 0 amide bonds. The lowest BCUT2D eigenvalue weighted by atomic mass is 10.1. The Balaban J connectivity index is 1.22. The normalized spacial score (nSPS) is 15.5. The smallest absolute Gasteiger partial charge is 0.434 e. The lowest BCUT2D eigenvalue weighted by Gasteiger charge is -2.13. The van der Waals surface area contributed by atoms with Gasteiger partial charge in [0, 0.05) is 30.3 Å². The van der Waals surface area contributed by atoms with E-state index in [1.165, 1.54) is 12.5 Å². The molecular formula is C26H23ClF3N7O. The molecule has 0 bridgehead atoms. The predicted octanol–water partition coefficient (Wildman–Crippen LogP) is 6.30. The Labute approximate surface area is 221 Å². The van der Waals surface area contributed by atoms with Crippen LogP contribution in [0.4, 0.5) is 19.0 Å². The minimum Gasteiger partial charge on any atom is -0.480 e. The quantitative estimate of drug-likeness (QED) is 0.280. The van der Waals surface area contributed by atoms with Gasteiger partial charge in [-0.25, -0.2) is 24.9 Å². The number of nitrogens with zero attached hydrogens (tertiary/aromatic N) is 6. The SMILES string of the molecule is COc1ncnc(C2CC2)c1-c1ncc(Cl)c(NCc2ccc(-c3nc(C(F)(F)F)cn3C3CC3)cc2)n1. The molecule has 3 aromatic heterocycles. The third kappa shape index (κ3) is 4.90. The van der Waals surface area contributed by atoms with Gasteiger partial charge in [0.1, 0.15) is 28.6 Å². The number of benzene rings is 1. The van der Waals surface area contributed by atoms with Crippen molar-refractivity contribution < 1.29 is 17.9 Å². The minimum atomic E-state index is -4.48. The molecule has 1 N–H and O–H groups in total. The number of methoxy groups -OCH3 is 1. The zero-order valence-electron chi connectivity index (χ0n) is 20.3. The van der Waals surface area contributed by atoms with Gasteiger partial charge in [-0.3, -0.25) is 0 Å². The molecule has 0 aliphatic heterocycles. The first-order chi connectivity index (χ1) is 18.3. The molecular weight excluding hydrogens is 519 g/mol. The number of halogens is 4. The van der Waals surface area contributed by atoms with E-state index in [4.69, 9.17) is 16.3 Å². The average molecular weight is 542 g/mol. The number of ether oxygens (including phenoxy) is 1. The molecule has 38 heavy (non-hydrogen) atoms. The second-order valence-corrected chi connectivity index (χ2v) is 9.85. The van der Waals surface area contributed by atoms with Crippen LogP contribution in [0.3, 0.4) is 0 Å². The zero-order chi connectivity index (χ0) is 26.4. The van der Waals surface area contributed by atoms with E-state index in [9.17, 15) is 13.2 Å². The molecule has 1 aromatic carbocycles. The number of aromatic nitrogens is 6. The molecule has 2 saturated carbocycles. The fraction of sp³-hybridized carbons (Fsp3) is 0.346. The van der Waals surface area contributed by atoms with E-state index in [1.54, 1.807) is 23.8 Å². The molecule has 6 rings (SSSR count). The van der Waals surface area contributed by atoms with Crippen LogP contribution in [0.1, 0.15) is 54.6 Å². The van der Waals surface area contributed by atoms with E-state index in [1.807, 2.05) is 12.1 Å². The summed E-state index contributed by atoms with van der Waals surface area (Å²) in [5, 5.41) is 3.58. The summed E-state index contributed by atoms with van der Waals surface area (Å²) in [5.74, 6) is 1.92. The van der Waals surface area contributed by atoms with Crippen molar-refractivity contribution >= 4 is 17.4 Å². The number of nitrogens with one attached hydrogen (secondary N) is 1. The summed E-state index contributed by atoms with van der Waals surface area (Å²) in [4.78, 5) is 21.6. The molecule has 2 fully saturated rings. The molecule has 12 heteroatoms. The van der Waals surface area contributed by atoms with Crippen LogP contribution < -0.4 is 10.1 Å². The summed E-state index contributed by atoms with van der Waals surface area (Å²) in [6, 6.07) is 7.31. The lowest BCUT2D eigenvalue weighted by molar-refractivity contribution is -0.140. The maximum atomic E-state index is 13.3. The first kappa shape index (κ1) is 24.6. The second-order valence-electron chi connectivity index (χ2n) is 9.44. The highest BCUT2D eigenvalue weighted by Gasteiger charge is 2.37. The van der Waals surface area contributed by atoms with Crippen LogP contribution in [0.15, 0.2) is 43.0 Å². The van der Waals surface area contributed by atoms with Gasteiger partial charge < -0.3 is 14.6 Å². The van der Waals surface area contributed by atoms with Gasteiger partial charge in [0.05, 0.1) is 19.0 Å². The largest absolute Gasteiger partial charge is 0.480 e. The first-order valence-corrected chi connectivity index (χ1v) is 12.6. The summed E-state index contributed by atoms with van der Waals surface area (Å²) in [6.07, 6.45) is 3.42. The van der Waals surface area contributed by atoms with E-state index in [0.29, 0.717) is 52.0 Å². The van der Waals surface area contributed by atoms with Gasteiger partial charge in [-0.05, 0) is 31.2 Å². The van der Waals surface area contributed by atoms with Gasteiger partial charge >= 0.3 is 6.18 Å². The van der Waals surface area contributed by atoms with Gasteiger partial charge in [0.2, 0.25) is 5.88 Å². The highest BCUT2D eigenvalue weighted by Crippen LogP contribution is 2.45. The fourth-order valence-corrected chi connectivity index (χ4v) is 4.52. The van der Waals surface area contributed by atoms with Crippen LogP contribution in [0.25, 0.3) is 22.8 Å². The van der Waals surface area contributed by atoms with Crippen LogP contribution in [0.5, 0.6) is 5.88 Å². The third-order valence-electron chi connectivity index (χ3n) is 6.60. The number of hydrogen-bond acceptors (Lipinski definition) is 7. The number of imidazole rings is 1. The summed E-state index contributed by atoms with van der Waals surface area (Å²) in [6.45, 7) is 0.388. The predicted molar refractivity (Wildman–Crippen MR) is 135 cm³/mol. The first-order valence-electron chi connectivity index (χ1n) is 12.2. The molecule has 3 heterocycles. The molecule has 0 atom stereocenters. The maximum Gasteiger partial charge on any atom is 0.434 e. The van der Waals surface area contributed by atoms with Gasteiger partial charge in [0.15, 0.2) is 11.5 Å². The van der Waals surface area contributed by atoms with Crippen molar-refractivity contribution in [1.29, 1.82) is 0 Å². The highest BCUT2D eigenvalue weighted by atomic mass is 35.5. The minimum absolute atomic E-state index is 0.0677. The Kier molecular flexibility index (Phi) is 6.17. The molecule has 0 unspecified atom stereocenters. The van der Waals surface area contributed by atoms with E-state index in [0.717, 1.165) is 43.1 Å². The van der Waals surface area contributed by atoms with E-state index >= 15 is 0 Å². The second kappa shape index (κ2) is 9.54. The zero-order valence-corrected chi connectivity index (χ0v) is 21.1. The van der Waals surface area contributed by atoms with Crippen molar-refractivity contribution in [3.63, 3.8) is 0 Å². The lowest BCUT2D eigenvalue weighted by Crippen LogP contribution is -2.06. The standard InChI is InChI=1S/C26H23ClF3N7O/c1-38-25-20(21(15-6-7-15)33-13-34-25)23-32-11-18(27)22(36-23)31-10-14-2-4-16(5-3-14)24-35-19(26(28,29)30)12-37(24)17-8-9-17/h2-5,11-13,15,17H,6-10H2,1H3,(H,31,32,36). The molecule has 4 aromatic rings. The monoisotopic (exact) mass is 541 g/mol. The third-order valence-corrected chi connectivity index (χ3v) is 6.88. The molecule has 196 valence electrons. The summed E-state index contributed by atoms with van der Waals surface area (Å²) >= 11 is 6.38. The number of anilines is 1. The maximum absolute atomic E-state index is 13.3. The van der Waals surface area contributed by atoms with Crippen LogP contribution in [0, 0.1) is 0 Å². The number of alkyl halides is 3. The van der Waals surface area contributed by atoms with Crippen molar-refractivity contribution in [2.24, 2.45) is 0 Å².